The zero-order valence-electron chi connectivity index (χ0n) is 17.8. The van der Waals surface area contributed by atoms with Gasteiger partial charge < -0.3 is 19.7 Å². The van der Waals surface area contributed by atoms with Crippen LogP contribution in [0, 0.1) is 0 Å². The van der Waals surface area contributed by atoms with Gasteiger partial charge in [-0.2, -0.15) is 4.68 Å². The monoisotopic (exact) mass is 432 g/mol. The van der Waals surface area contributed by atoms with Crippen LogP contribution in [0.2, 0.25) is 0 Å². The number of nitrogens with zero attached hydrogens (tertiary/aromatic N) is 5. The fourth-order valence-electron chi connectivity index (χ4n) is 4.18. The molecule has 3 aromatic rings. The molecule has 9 nitrogen and oxygen atoms in total. The fourth-order valence-corrected chi connectivity index (χ4v) is 4.18. The summed E-state index contributed by atoms with van der Waals surface area (Å²) in [7, 11) is 0. The molecule has 1 saturated heterocycles. The number of tetrazole rings is 1. The smallest absolute Gasteiger partial charge is 0.338 e. The summed E-state index contributed by atoms with van der Waals surface area (Å²) in [6.07, 6.45) is 0. The Bertz CT molecular complexity index is 1140. The molecule has 2 aromatic carbocycles. The van der Waals surface area contributed by atoms with Gasteiger partial charge in [0, 0.05) is 30.0 Å². The van der Waals surface area contributed by atoms with E-state index in [0.29, 0.717) is 30.4 Å². The maximum absolute atomic E-state index is 13.3. The molecule has 5 rings (SSSR count). The van der Waals surface area contributed by atoms with Gasteiger partial charge in [0.2, 0.25) is 5.95 Å². The lowest BCUT2D eigenvalue weighted by molar-refractivity contribution is -0.140. The minimum absolute atomic E-state index is 0.191. The average molecular weight is 432 g/mol. The van der Waals surface area contributed by atoms with Crippen molar-refractivity contribution in [2.24, 2.45) is 0 Å². The van der Waals surface area contributed by atoms with Crippen LogP contribution >= 0.6 is 0 Å². The number of allylic oxidation sites excluding steroid dienone is 1. The summed E-state index contributed by atoms with van der Waals surface area (Å²) < 4.78 is 12.9. The van der Waals surface area contributed by atoms with Crippen LogP contribution in [0.3, 0.4) is 0 Å². The molecule has 2 aliphatic heterocycles. The summed E-state index contributed by atoms with van der Waals surface area (Å²) in [5, 5.41) is 15.2. The van der Waals surface area contributed by atoms with Crippen molar-refractivity contribution in [3.63, 3.8) is 0 Å². The summed E-state index contributed by atoms with van der Waals surface area (Å²) in [5.41, 5.74) is 4.06. The molecule has 0 aliphatic carbocycles. The molecule has 9 heteroatoms. The summed E-state index contributed by atoms with van der Waals surface area (Å²) in [4.78, 5) is 15.6. The number of hydrogen-bond acceptors (Lipinski definition) is 8. The Hall–Kier alpha value is -3.72. The molecule has 1 fully saturated rings. The lowest BCUT2D eigenvalue weighted by Gasteiger charge is -2.34. The third-order valence-electron chi connectivity index (χ3n) is 5.73. The third kappa shape index (κ3) is 3.82. The summed E-state index contributed by atoms with van der Waals surface area (Å²) in [6, 6.07) is 17.2. The molecule has 0 amide bonds. The first-order valence-corrected chi connectivity index (χ1v) is 10.6. The molecule has 1 atom stereocenters. The van der Waals surface area contributed by atoms with Crippen LogP contribution in [-0.2, 0) is 20.9 Å². The molecule has 0 spiro atoms. The largest absolute Gasteiger partial charge is 0.457 e. The number of para-hydroxylation sites is 1. The van der Waals surface area contributed by atoms with Gasteiger partial charge in [0.05, 0.1) is 18.8 Å². The minimum atomic E-state index is -0.511. The van der Waals surface area contributed by atoms with Gasteiger partial charge in [-0.25, -0.2) is 4.79 Å². The quantitative estimate of drug-likeness (QED) is 0.615. The lowest BCUT2D eigenvalue weighted by Crippen LogP contribution is -2.38. The Morgan fingerprint density at radius 3 is 2.69 bits per heavy atom. The SMILES string of the molecule is CC1=C(C(=O)OCc2ccccc2)C(c2ccccc2N2CCOCC2)n2nnnc2N1. The summed E-state index contributed by atoms with van der Waals surface area (Å²) in [6.45, 7) is 4.93. The van der Waals surface area contributed by atoms with E-state index in [0.717, 1.165) is 29.9 Å². The van der Waals surface area contributed by atoms with Crippen LogP contribution in [0.4, 0.5) is 11.6 Å². The topological polar surface area (TPSA) is 94.4 Å². The molecule has 1 aromatic heterocycles. The molecule has 1 N–H and O–H groups in total. The van der Waals surface area contributed by atoms with Crippen molar-refractivity contribution in [3.05, 3.63) is 77.0 Å². The first-order valence-electron chi connectivity index (χ1n) is 10.6. The number of benzene rings is 2. The van der Waals surface area contributed by atoms with Gasteiger partial charge in [0.25, 0.3) is 0 Å². The van der Waals surface area contributed by atoms with Crippen LogP contribution < -0.4 is 10.2 Å². The first-order chi connectivity index (χ1) is 15.7. The molecule has 0 bridgehead atoms. The zero-order chi connectivity index (χ0) is 21.9. The number of hydrogen-bond donors (Lipinski definition) is 1. The van der Waals surface area contributed by atoms with Crippen molar-refractivity contribution >= 4 is 17.6 Å². The molecular weight excluding hydrogens is 408 g/mol. The number of rotatable bonds is 5. The highest BCUT2D eigenvalue weighted by Crippen LogP contribution is 2.39. The van der Waals surface area contributed by atoms with Crippen molar-refractivity contribution in [2.75, 3.05) is 36.5 Å². The van der Waals surface area contributed by atoms with Gasteiger partial charge in [-0.1, -0.05) is 53.6 Å². The molecular formula is C23H24N6O3. The van der Waals surface area contributed by atoms with Gasteiger partial charge in [0.1, 0.15) is 12.6 Å². The minimum Gasteiger partial charge on any atom is -0.457 e. The molecule has 2 aliphatic rings. The predicted molar refractivity (Wildman–Crippen MR) is 118 cm³/mol. The van der Waals surface area contributed by atoms with E-state index in [-0.39, 0.29) is 6.61 Å². The average Bonchev–Trinajstić information content (AvgIpc) is 3.31. The highest BCUT2D eigenvalue weighted by atomic mass is 16.5. The number of carbonyl (C=O) groups is 1. The van der Waals surface area contributed by atoms with Crippen molar-refractivity contribution < 1.29 is 14.3 Å². The van der Waals surface area contributed by atoms with E-state index in [2.05, 4.69) is 31.8 Å². The van der Waals surface area contributed by atoms with Gasteiger partial charge >= 0.3 is 5.97 Å². The summed E-state index contributed by atoms with van der Waals surface area (Å²) in [5.74, 6) is 0.0886. The zero-order valence-corrected chi connectivity index (χ0v) is 17.8. The standard InChI is InChI=1S/C23H24N6O3/c1-16-20(22(30)32-15-17-7-3-2-4-8-17)21(29-23(24-16)25-26-27-29)18-9-5-6-10-19(18)28-11-13-31-14-12-28/h2-10,21H,11-15H2,1H3,(H,24,25,27). The Morgan fingerprint density at radius 1 is 1.12 bits per heavy atom. The van der Waals surface area contributed by atoms with Crippen LogP contribution in [0.5, 0.6) is 0 Å². The van der Waals surface area contributed by atoms with Crippen molar-refractivity contribution in [1.82, 2.24) is 20.2 Å². The first kappa shape index (κ1) is 20.2. The maximum Gasteiger partial charge on any atom is 0.338 e. The second kappa shape index (κ2) is 8.80. The molecule has 32 heavy (non-hydrogen) atoms. The molecule has 0 radical (unpaired) electrons. The molecule has 3 heterocycles. The number of fused-ring (bicyclic) bond motifs is 1. The summed E-state index contributed by atoms with van der Waals surface area (Å²) >= 11 is 0. The maximum atomic E-state index is 13.3. The molecule has 164 valence electrons. The van der Waals surface area contributed by atoms with Gasteiger partial charge in [-0.15, -0.1) is 0 Å². The Morgan fingerprint density at radius 2 is 1.88 bits per heavy atom. The third-order valence-corrected chi connectivity index (χ3v) is 5.73. The van der Waals surface area contributed by atoms with Crippen LogP contribution in [-0.4, -0.2) is 52.5 Å². The van der Waals surface area contributed by atoms with Crippen LogP contribution in [0.25, 0.3) is 0 Å². The Kier molecular flexibility index (Phi) is 5.55. The Labute approximate surface area is 185 Å². The van der Waals surface area contributed by atoms with E-state index in [1.165, 1.54) is 0 Å². The highest BCUT2D eigenvalue weighted by Gasteiger charge is 2.37. The van der Waals surface area contributed by atoms with Crippen molar-refractivity contribution in [2.45, 2.75) is 19.6 Å². The van der Waals surface area contributed by atoms with E-state index >= 15 is 0 Å². The molecule has 0 saturated carbocycles. The second-order valence-corrected chi connectivity index (χ2v) is 7.73. The fraction of sp³-hybridized carbons (Fsp3) is 0.304. The van der Waals surface area contributed by atoms with E-state index in [4.69, 9.17) is 9.47 Å². The molecule has 1 unspecified atom stereocenters. The number of carbonyl (C=O) groups excluding carboxylic acids is 1. The van der Waals surface area contributed by atoms with E-state index in [1.54, 1.807) is 4.68 Å². The van der Waals surface area contributed by atoms with Gasteiger partial charge in [0.15, 0.2) is 0 Å². The highest BCUT2D eigenvalue weighted by molar-refractivity contribution is 5.93. The van der Waals surface area contributed by atoms with Crippen LogP contribution in [0.15, 0.2) is 65.9 Å². The predicted octanol–water partition coefficient (Wildman–Crippen LogP) is 2.54. The van der Waals surface area contributed by atoms with Gasteiger partial charge in [-0.3, -0.25) is 0 Å². The van der Waals surface area contributed by atoms with E-state index in [1.807, 2.05) is 55.5 Å². The Balaban J connectivity index is 1.53. The number of anilines is 2. The number of nitrogens with one attached hydrogen (secondary N) is 1. The van der Waals surface area contributed by atoms with E-state index < -0.39 is 12.0 Å². The number of morpholine rings is 1. The van der Waals surface area contributed by atoms with Crippen molar-refractivity contribution in [3.8, 4) is 0 Å². The number of ether oxygens (including phenoxy) is 2. The lowest BCUT2D eigenvalue weighted by atomic mass is 9.93. The second-order valence-electron chi connectivity index (χ2n) is 7.73. The van der Waals surface area contributed by atoms with Crippen molar-refractivity contribution in [1.29, 1.82) is 0 Å². The van der Waals surface area contributed by atoms with Crippen LogP contribution in [0.1, 0.15) is 24.1 Å². The number of aromatic nitrogens is 4. The normalized spacial score (nSPS) is 18.2. The van der Waals surface area contributed by atoms with E-state index in [9.17, 15) is 4.79 Å². The number of esters is 1. The van der Waals surface area contributed by atoms with Gasteiger partial charge in [-0.05, 0) is 29.0 Å².